The molecule has 1 aromatic heterocycles. The van der Waals surface area contributed by atoms with Crippen molar-refractivity contribution in [2.75, 3.05) is 0 Å². The van der Waals surface area contributed by atoms with Crippen molar-refractivity contribution in [3.8, 4) is 0 Å². The number of aliphatic carboxylic acids is 2. The molecule has 0 fully saturated rings. The van der Waals surface area contributed by atoms with Crippen molar-refractivity contribution in [3.05, 3.63) is 24.5 Å². The van der Waals surface area contributed by atoms with E-state index in [2.05, 4.69) is 5.10 Å². The van der Waals surface area contributed by atoms with Crippen LogP contribution >= 0.6 is 0 Å². The highest BCUT2D eigenvalue weighted by molar-refractivity contribution is 5.90. The number of hydrogen-bond acceptors (Lipinski definition) is 3. The van der Waals surface area contributed by atoms with Crippen LogP contribution in [0, 0.1) is 0 Å². The first-order chi connectivity index (χ1) is 6.59. The van der Waals surface area contributed by atoms with E-state index >= 15 is 0 Å². The zero-order valence-electron chi connectivity index (χ0n) is 7.12. The molecule has 0 radical (unpaired) electrons. The Kier molecular flexibility index (Phi) is 3.01. The van der Waals surface area contributed by atoms with Gasteiger partial charge >= 0.3 is 11.9 Å². The Morgan fingerprint density at radius 1 is 1.43 bits per heavy atom. The van der Waals surface area contributed by atoms with Crippen LogP contribution in [0.5, 0.6) is 0 Å². The average molecular weight is 196 g/mol. The van der Waals surface area contributed by atoms with Crippen LogP contribution in [0.4, 0.5) is 0 Å². The maximum absolute atomic E-state index is 10.4. The second kappa shape index (κ2) is 4.22. The summed E-state index contributed by atoms with van der Waals surface area (Å²) < 4.78 is 1.21. The van der Waals surface area contributed by atoms with Crippen molar-refractivity contribution < 1.29 is 19.8 Å². The normalized spacial score (nSPS) is 11.3. The van der Waals surface area contributed by atoms with Crippen molar-refractivity contribution in [2.45, 2.75) is 6.42 Å². The minimum absolute atomic E-state index is 0.106. The summed E-state index contributed by atoms with van der Waals surface area (Å²) in [5, 5.41) is 20.8. The molecule has 0 bridgehead atoms. The van der Waals surface area contributed by atoms with E-state index in [0.717, 1.165) is 6.08 Å². The fourth-order valence-electron chi connectivity index (χ4n) is 0.934. The standard InChI is InChI=1S/C8H8N2O4/c11-7(12)4-6(5-8(13)14)10-3-1-2-9-10/h1-4H,5H2,(H,11,12)(H,13,14)/b6-4+. The molecule has 0 saturated heterocycles. The monoisotopic (exact) mass is 196 g/mol. The largest absolute Gasteiger partial charge is 0.481 e. The third-order valence-corrected chi connectivity index (χ3v) is 1.42. The van der Waals surface area contributed by atoms with E-state index in [-0.39, 0.29) is 12.1 Å². The van der Waals surface area contributed by atoms with Crippen LogP contribution < -0.4 is 0 Å². The van der Waals surface area contributed by atoms with Gasteiger partial charge in [-0.3, -0.25) is 4.79 Å². The van der Waals surface area contributed by atoms with Crippen molar-refractivity contribution >= 4 is 17.6 Å². The number of carboxylic acid groups (broad SMARTS) is 2. The number of rotatable bonds is 4. The first-order valence-electron chi connectivity index (χ1n) is 3.75. The number of carbonyl (C=O) groups is 2. The highest BCUT2D eigenvalue weighted by Gasteiger charge is 2.08. The third-order valence-electron chi connectivity index (χ3n) is 1.42. The molecule has 0 spiro atoms. The Morgan fingerprint density at radius 2 is 2.14 bits per heavy atom. The molecule has 1 aromatic rings. The van der Waals surface area contributed by atoms with E-state index in [4.69, 9.17) is 10.2 Å². The summed E-state index contributed by atoms with van der Waals surface area (Å²) in [5.74, 6) is -2.30. The van der Waals surface area contributed by atoms with Gasteiger partial charge < -0.3 is 10.2 Å². The zero-order chi connectivity index (χ0) is 10.6. The summed E-state index contributed by atoms with van der Waals surface area (Å²) in [7, 11) is 0. The van der Waals surface area contributed by atoms with E-state index in [0.29, 0.717) is 0 Å². The Morgan fingerprint density at radius 3 is 2.57 bits per heavy atom. The lowest BCUT2D eigenvalue weighted by atomic mass is 10.3. The van der Waals surface area contributed by atoms with Crippen LogP contribution in [0.25, 0.3) is 5.70 Å². The molecule has 1 heterocycles. The molecule has 0 amide bonds. The molecule has 6 heteroatoms. The number of aromatic nitrogens is 2. The van der Waals surface area contributed by atoms with Crippen molar-refractivity contribution in [2.24, 2.45) is 0 Å². The fraction of sp³-hybridized carbons (Fsp3) is 0.125. The van der Waals surface area contributed by atoms with E-state index in [1.807, 2.05) is 0 Å². The van der Waals surface area contributed by atoms with Crippen LogP contribution in [0.1, 0.15) is 6.42 Å². The van der Waals surface area contributed by atoms with Gasteiger partial charge in [-0.15, -0.1) is 0 Å². The van der Waals surface area contributed by atoms with Gasteiger partial charge in [-0.1, -0.05) is 0 Å². The first-order valence-corrected chi connectivity index (χ1v) is 3.75. The van der Waals surface area contributed by atoms with Crippen LogP contribution in [0.2, 0.25) is 0 Å². The Bertz CT molecular complexity index is 367. The maximum atomic E-state index is 10.4. The molecular formula is C8H8N2O4. The third kappa shape index (κ3) is 2.74. The van der Waals surface area contributed by atoms with E-state index in [9.17, 15) is 9.59 Å². The van der Waals surface area contributed by atoms with Gasteiger partial charge in [0, 0.05) is 18.5 Å². The van der Waals surface area contributed by atoms with Gasteiger partial charge in [0.15, 0.2) is 0 Å². The van der Waals surface area contributed by atoms with E-state index < -0.39 is 11.9 Å². The minimum atomic E-state index is -1.20. The predicted molar refractivity (Wildman–Crippen MR) is 46.4 cm³/mol. The molecule has 0 atom stereocenters. The first kappa shape index (κ1) is 9.97. The van der Waals surface area contributed by atoms with Gasteiger partial charge in [0.25, 0.3) is 0 Å². The second-order valence-corrected chi connectivity index (χ2v) is 2.50. The van der Waals surface area contributed by atoms with Crippen LogP contribution in [0.15, 0.2) is 24.5 Å². The molecule has 14 heavy (non-hydrogen) atoms. The number of hydrogen-bond donors (Lipinski definition) is 2. The average Bonchev–Trinajstić information content (AvgIpc) is 2.52. The number of nitrogens with zero attached hydrogens (tertiary/aromatic N) is 2. The zero-order valence-corrected chi connectivity index (χ0v) is 7.12. The summed E-state index contributed by atoms with van der Waals surface area (Å²) in [4.78, 5) is 20.8. The molecule has 0 unspecified atom stereocenters. The highest BCUT2D eigenvalue weighted by atomic mass is 16.4. The molecule has 0 aliphatic carbocycles. The van der Waals surface area contributed by atoms with Crippen molar-refractivity contribution in [1.29, 1.82) is 0 Å². The van der Waals surface area contributed by atoms with Crippen LogP contribution in [0.3, 0.4) is 0 Å². The van der Waals surface area contributed by atoms with E-state index in [1.54, 1.807) is 6.07 Å². The Balaban J connectivity index is 2.94. The molecule has 6 nitrogen and oxygen atoms in total. The quantitative estimate of drug-likeness (QED) is 0.675. The Hall–Kier alpha value is -2.11. The summed E-state index contributed by atoms with van der Waals surface area (Å²) in [5.41, 5.74) is 0.106. The summed E-state index contributed by atoms with van der Waals surface area (Å²) >= 11 is 0. The lowest BCUT2D eigenvalue weighted by Gasteiger charge is -2.02. The lowest BCUT2D eigenvalue weighted by Crippen LogP contribution is -2.06. The number of carboxylic acids is 2. The van der Waals surface area contributed by atoms with Crippen LogP contribution in [-0.4, -0.2) is 31.9 Å². The maximum Gasteiger partial charge on any atom is 0.330 e. The highest BCUT2D eigenvalue weighted by Crippen LogP contribution is 2.07. The van der Waals surface area contributed by atoms with Crippen LogP contribution in [-0.2, 0) is 9.59 Å². The van der Waals surface area contributed by atoms with Crippen molar-refractivity contribution in [3.63, 3.8) is 0 Å². The summed E-state index contributed by atoms with van der Waals surface area (Å²) in [6.45, 7) is 0. The molecule has 0 aliphatic heterocycles. The molecule has 74 valence electrons. The lowest BCUT2D eigenvalue weighted by molar-refractivity contribution is -0.135. The molecule has 0 aliphatic rings. The molecular weight excluding hydrogens is 188 g/mol. The molecule has 0 saturated carbocycles. The van der Waals surface area contributed by atoms with Gasteiger partial charge in [-0.2, -0.15) is 5.10 Å². The van der Waals surface area contributed by atoms with E-state index in [1.165, 1.54) is 17.1 Å². The molecule has 1 rings (SSSR count). The van der Waals surface area contributed by atoms with Gasteiger partial charge in [-0.05, 0) is 6.07 Å². The predicted octanol–water partition coefficient (Wildman–Crippen LogP) is 0.283. The minimum Gasteiger partial charge on any atom is -0.481 e. The SMILES string of the molecule is O=C(O)/C=C(\CC(=O)O)n1cccn1. The summed E-state index contributed by atoms with van der Waals surface area (Å²) in [6, 6.07) is 1.58. The van der Waals surface area contributed by atoms with Gasteiger partial charge in [0.05, 0.1) is 12.1 Å². The molecule has 2 N–H and O–H groups in total. The van der Waals surface area contributed by atoms with Crippen molar-refractivity contribution in [1.82, 2.24) is 9.78 Å². The Labute approximate surface area is 79.1 Å². The topological polar surface area (TPSA) is 92.4 Å². The summed E-state index contributed by atoms with van der Waals surface area (Å²) in [6.07, 6.45) is 3.37. The smallest absolute Gasteiger partial charge is 0.330 e. The molecule has 0 aromatic carbocycles. The second-order valence-electron chi connectivity index (χ2n) is 2.50. The fourth-order valence-corrected chi connectivity index (χ4v) is 0.934. The van der Waals surface area contributed by atoms with Gasteiger partial charge in [0.1, 0.15) is 0 Å². The van der Waals surface area contributed by atoms with Gasteiger partial charge in [0.2, 0.25) is 0 Å². The van der Waals surface area contributed by atoms with Gasteiger partial charge in [-0.25, -0.2) is 9.48 Å².